The highest BCUT2D eigenvalue weighted by atomic mass is 16.6. The van der Waals surface area contributed by atoms with Crippen LogP contribution >= 0.6 is 0 Å². The quantitative estimate of drug-likeness (QED) is 0.435. The Labute approximate surface area is 113 Å². The van der Waals surface area contributed by atoms with E-state index < -0.39 is 23.7 Å². The summed E-state index contributed by atoms with van der Waals surface area (Å²) in [6.45, 7) is 5.39. The van der Waals surface area contributed by atoms with Gasteiger partial charge in [0.05, 0.1) is 13.7 Å². The van der Waals surface area contributed by atoms with Crippen LogP contribution in [0.4, 0.5) is 4.79 Å². The predicted molar refractivity (Wildman–Crippen MR) is 69.7 cm³/mol. The van der Waals surface area contributed by atoms with Crippen LogP contribution in [0.5, 0.6) is 0 Å². The second kappa shape index (κ2) is 8.44. The number of amides is 1. The molecule has 0 heterocycles. The summed E-state index contributed by atoms with van der Waals surface area (Å²) in [4.78, 5) is 33.0. The molecule has 0 aromatic heterocycles. The minimum atomic E-state index is -0.772. The first-order valence-electron chi connectivity index (χ1n) is 6.16. The Hall–Kier alpha value is -1.66. The fourth-order valence-electron chi connectivity index (χ4n) is 1.37. The van der Waals surface area contributed by atoms with Crippen molar-refractivity contribution in [1.82, 2.24) is 5.32 Å². The van der Waals surface area contributed by atoms with E-state index in [1.165, 1.54) is 7.11 Å². The smallest absolute Gasteiger partial charge is 0.408 e. The molecule has 0 fully saturated rings. The average molecular weight is 274 g/mol. The number of ether oxygens (including phenoxy) is 2. The van der Waals surface area contributed by atoms with E-state index in [4.69, 9.17) is 4.74 Å². The van der Waals surface area contributed by atoms with Crippen molar-refractivity contribution in [3.05, 3.63) is 4.91 Å². The first kappa shape index (κ1) is 17.3. The number of carbonyl (C=O) groups excluding carboxylic acids is 2. The Morgan fingerprint density at radius 3 is 2.37 bits per heavy atom. The molecule has 0 unspecified atom stereocenters. The van der Waals surface area contributed by atoms with Gasteiger partial charge < -0.3 is 14.8 Å². The second-order valence-corrected chi connectivity index (χ2v) is 5.07. The molecule has 7 nitrogen and oxygen atoms in total. The number of hydrogen-bond donors (Lipinski definition) is 1. The Morgan fingerprint density at radius 2 is 1.89 bits per heavy atom. The molecule has 0 aromatic rings. The molecule has 0 aliphatic carbocycles. The number of rotatable bonds is 7. The number of carbonyl (C=O) groups is 2. The van der Waals surface area contributed by atoms with Gasteiger partial charge in [0, 0.05) is 0 Å². The van der Waals surface area contributed by atoms with Crippen molar-refractivity contribution in [1.29, 1.82) is 0 Å². The van der Waals surface area contributed by atoms with Gasteiger partial charge in [-0.05, 0) is 40.0 Å². The molecule has 0 spiro atoms. The summed E-state index contributed by atoms with van der Waals surface area (Å²) in [7, 11) is 1.25. The number of nitroso groups, excluding NO2 is 1. The lowest BCUT2D eigenvalue weighted by Gasteiger charge is -2.22. The molecule has 0 rings (SSSR count). The monoisotopic (exact) mass is 274 g/mol. The third-order valence-corrected chi connectivity index (χ3v) is 2.17. The summed E-state index contributed by atoms with van der Waals surface area (Å²) in [6, 6.07) is -0.772. The zero-order valence-corrected chi connectivity index (χ0v) is 11.9. The molecule has 0 aromatic carbocycles. The lowest BCUT2D eigenvalue weighted by atomic mass is 10.1. The van der Waals surface area contributed by atoms with Crippen LogP contribution in [0.3, 0.4) is 0 Å². The number of unbranched alkanes of at least 4 members (excludes halogenated alkanes) is 1. The molecule has 0 saturated carbocycles. The molecule has 0 saturated heterocycles. The van der Waals surface area contributed by atoms with Gasteiger partial charge in [0.25, 0.3) is 0 Å². The van der Waals surface area contributed by atoms with Gasteiger partial charge in [-0.25, -0.2) is 9.59 Å². The summed E-state index contributed by atoms with van der Waals surface area (Å²) in [5, 5.41) is 5.19. The highest BCUT2D eigenvalue weighted by Crippen LogP contribution is 2.09. The zero-order valence-electron chi connectivity index (χ0n) is 11.9. The van der Waals surface area contributed by atoms with Crippen LogP contribution in [0, 0.1) is 4.91 Å². The Balaban J connectivity index is 4.30. The number of hydrogen-bond acceptors (Lipinski definition) is 6. The minimum absolute atomic E-state index is 0.195. The van der Waals surface area contributed by atoms with Gasteiger partial charge in [0.2, 0.25) is 0 Å². The largest absolute Gasteiger partial charge is 0.467 e. The zero-order chi connectivity index (χ0) is 14.9. The van der Waals surface area contributed by atoms with Gasteiger partial charge in [-0.3, -0.25) is 0 Å². The summed E-state index contributed by atoms with van der Waals surface area (Å²) in [6.07, 6.45) is 0.854. The highest BCUT2D eigenvalue weighted by Gasteiger charge is 2.24. The van der Waals surface area contributed by atoms with Gasteiger partial charge in [-0.2, -0.15) is 4.91 Å². The maximum atomic E-state index is 11.6. The van der Waals surface area contributed by atoms with E-state index in [2.05, 4.69) is 15.2 Å². The molecule has 110 valence electrons. The van der Waals surface area contributed by atoms with Crippen LogP contribution in [-0.4, -0.2) is 37.4 Å². The average Bonchev–Trinajstić information content (AvgIpc) is 2.29. The Kier molecular flexibility index (Phi) is 7.71. The molecule has 1 N–H and O–H groups in total. The fourth-order valence-corrected chi connectivity index (χ4v) is 1.37. The molecule has 0 bridgehead atoms. The number of esters is 1. The van der Waals surface area contributed by atoms with Crippen molar-refractivity contribution < 1.29 is 19.1 Å². The van der Waals surface area contributed by atoms with Gasteiger partial charge in [0.1, 0.15) is 11.6 Å². The Morgan fingerprint density at radius 1 is 1.26 bits per heavy atom. The van der Waals surface area contributed by atoms with Crippen molar-refractivity contribution in [2.24, 2.45) is 5.18 Å². The van der Waals surface area contributed by atoms with Crippen LogP contribution < -0.4 is 5.32 Å². The Bertz CT molecular complexity index is 312. The molecular weight excluding hydrogens is 252 g/mol. The molecular formula is C12H22N2O5. The standard InChI is InChI=1S/C12H22N2O5/c1-12(2,3)19-11(16)14-9(10(15)18-4)7-5-6-8-13-17/h9H,5-8H2,1-4H3,(H,14,16)/t9-/m0/s1. The maximum absolute atomic E-state index is 11.6. The highest BCUT2D eigenvalue weighted by molar-refractivity contribution is 5.81. The maximum Gasteiger partial charge on any atom is 0.408 e. The summed E-state index contributed by atoms with van der Waals surface area (Å²) in [5.74, 6) is -0.537. The van der Waals surface area contributed by atoms with Crippen LogP contribution in [-0.2, 0) is 14.3 Å². The topological polar surface area (TPSA) is 94.1 Å². The second-order valence-electron chi connectivity index (χ2n) is 5.07. The number of methoxy groups -OCH3 is 1. The number of alkyl carbamates (subject to hydrolysis) is 1. The first-order chi connectivity index (χ1) is 8.80. The van der Waals surface area contributed by atoms with Crippen molar-refractivity contribution in [3.8, 4) is 0 Å². The van der Waals surface area contributed by atoms with E-state index >= 15 is 0 Å². The van der Waals surface area contributed by atoms with Crippen molar-refractivity contribution >= 4 is 12.1 Å². The molecule has 0 aliphatic rings. The van der Waals surface area contributed by atoms with Gasteiger partial charge >= 0.3 is 12.1 Å². The van der Waals surface area contributed by atoms with Crippen molar-refractivity contribution in [3.63, 3.8) is 0 Å². The van der Waals surface area contributed by atoms with Crippen molar-refractivity contribution in [2.75, 3.05) is 13.7 Å². The summed E-state index contributed by atoms with van der Waals surface area (Å²) >= 11 is 0. The molecule has 0 radical (unpaired) electrons. The van der Waals surface area contributed by atoms with Gasteiger partial charge in [-0.1, -0.05) is 5.18 Å². The van der Waals surface area contributed by atoms with Crippen molar-refractivity contribution in [2.45, 2.75) is 51.7 Å². The third kappa shape index (κ3) is 8.98. The fraction of sp³-hybridized carbons (Fsp3) is 0.833. The lowest BCUT2D eigenvalue weighted by molar-refractivity contribution is -0.143. The normalized spacial score (nSPS) is 12.4. The van der Waals surface area contributed by atoms with E-state index in [1.54, 1.807) is 20.8 Å². The van der Waals surface area contributed by atoms with E-state index in [0.29, 0.717) is 19.3 Å². The third-order valence-electron chi connectivity index (χ3n) is 2.17. The van der Waals surface area contributed by atoms with Crippen LogP contribution in [0.15, 0.2) is 5.18 Å². The SMILES string of the molecule is COC(=O)[C@H](CCCCN=O)NC(=O)OC(C)(C)C. The van der Waals surface area contributed by atoms with E-state index in [-0.39, 0.29) is 6.54 Å². The number of nitrogens with one attached hydrogen (secondary N) is 1. The van der Waals surface area contributed by atoms with E-state index in [1.807, 2.05) is 0 Å². The van der Waals surface area contributed by atoms with Crippen LogP contribution in [0.1, 0.15) is 40.0 Å². The van der Waals surface area contributed by atoms with Gasteiger partial charge in [-0.15, -0.1) is 0 Å². The summed E-state index contributed by atoms with van der Waals surface area (Å²) < 4.78 is 9.67. The van der Waals surface area contributed by atoms with Crippen LogP contribution in [0.2, 0.25) is 0 Å². The van der Waals surface area contributed by atoms with Crippen LogP contribution in [0.25, 0.3) is 0 Å². The summed E-state index contributed by atoms with van der Waals surface area (Å²) in [5.41, 5.74) is -0.633. The molecule has 1 amide bonds. The lowest BCUT2D eigenvalue weighted by Crippen LogP contribution is -2.44. The van der Waals surface area contributed by atoms with E-state index in [0.717, 1.165) is 0 Å². The molecule has 1 atom stereocenters. The van der Waals surface area contributed by atoms with E-state index in [9.17, 15) is 14.5 Å². The molecule has 19 heavy (non-hydrogen) atoms. The molecule has 0 aliphatic heterocycles. The first-order valence-corrected chi connectivity index (χ1v) is 6.16. The van der Waals surface area contributed by atoms with Gasteiger partial charge in [0.15, 0.2) is 0 Å². The molecule has 7 heteroatoms. The number of nitrogens with zero attached hydrogens (tertiary/aromatic N) is 1. The minimum Gasteiger partial charge on any atom is -0.467 e. The predicted octanol–water partition coefficient (Wildman–Crippen LogP) is 1.99.